The Morgan fingerprint density at radius 1 is 0.931 bits per heavy atom. The van der Waals surface area contributed by atoms with Crippen LogP contribution in [0.4, 0.5) is 5.69 Å². The largest absolute Gasteiger partial charge is 0.462 e. The summed E-state index contributed by atoms with van der Waals surface area (Å²) in [6, 6.07) is 4.57. The molecule has 0 aliphatic rings. The molecule has 0 aliphatic carbocycles. The van der Waals surface area contributed by atoms with Gasteiger partial charge in [-0.1, -0.05) is 107 Å². The standard InChI is InChI=1S/C23H36ClN3O2/c1-2-3-4-5-6-7-8-9-10-11-12-13-14-15-18-29-23(28)20-16-17-21(24)22(19-20)26-27-25/h16-17,19H,2-15,18H2,1H3. The van der Waals surface area contributed by atoms with Crippen LogP contribution in [-0.2, 0) is 4.74 Å². The Bertz CT molecular complexity index is 631. The van der Waals surface area contributed by atoms with E-state index in [1.807, 2.05) is 0 Å². The third kappa shape index (κ3) is 12.5. The number of benzene rings is 1. The van der Waals surface area contributed by atoms with E-state index in [0.717, 1.165) is 12.8 Å². The zero-order valence-corrected chi connectivity index (χ0v) is 18.6. The molecule has 1 rings (SSSR count). The number of unbranched alkanes of at least 4 members (excludes halogenated alkanes) is 13. The van der Waals surface area contributed by atoms with Gasteiger partial charge in [0.1, 0.15) is 0 Å². The molecule has 5 nitrogen and oxygen atoms in total. The van der Waals surface area contributed by atoms with Crippen molar-refractivity contribution in [2.45, 2.75) is 96.8 Å². The summed E-state index contributed by atoms with van der Waals surface area (Å²) in [5.74, 6) is -0.411. The molecule has 0 spiro atoms. The molecular weight excluding hydrogens is 386 g/mol. The van der Waals surface area contributed by atoms with Gasteiger partial charge in [-0.05, 0) is 30.2 Å². The molecule has 0 fully saturated rings. The molecule has 0 radical (unpaired) electrons. The zero-order valence-electron chi connectivity index (χ0n) is 17.9. The Kier molecular flexibility index (Phi) is 15.0. The number of azide groups is 1. The molecule has 162 valence electrons. The number of rotatable bonds is 17. The third-order valence-corrected chi connectivity index (χ3v) is 5.38. The number of nitrogens with zero attached hydrogens (tertiary/aromatic N) is 3. The molecule has 0 N–H and O–H groups in total. The van der Waals surface area contributed by atoms with E-state index in [4.69, 9.17) is 21.9 Å². The summed E-state index contributed by atoms with van der Waals surface area (Å²) in [7, 11) is 0. The molecule has 0 bridgehead atoms. The molecule has 0 unspecified atom stereocenters. The van der Waals surface area contributed by atoms with Gasteiger partial charge in [0.15, 0.2) is 0 Å². The minimum atomic E-state index is -0.411. The van der Waals surface area contributed by atoms with Crippen LogP contribution in [-0.4, -0.2) is 12.6 Å². The molecular formula is C23H36ClN3O2. The Labute approximate surface area is 180 Å². The third-order valence-electron chi connectivity index (χ3n) is 5.07. The van der Waals surface area contributed by atoms with Gasteiger partial charge in [0.25, 0.3) is 0 Å². The van der Waals surface area contributed by atoms with Crippen molar-refractivity contribution >= 4 is 23.3 Å². The van der Waals surface area contributed by atoms with Gasteiger partial charge in [0, 0.05) is 4.91 Å². The summed E-state index contributed by atoms with van der Waals surface area (Å²) in [5, 5.41) is 3.78. The van der Waals surface area contributed by atoms with Crippen molar-refractivity contribution < 1.29 is 9.53 Å². The number of hydrogen-bond donors (Lipinski definition) is 0. The van der Waals surface area contributed by atoms with Crippen LogP contribution in [0.1, 0.15) is 107 Å². The maximum Gasteiger partial charge on any atom is 0.338 e. The molecule has 6 heteroatoms. The summed E-state index contributed by atoms with van der Waals surface area (Å²) in [6.45, 7) is 2.67. The SMILES string of the molecule is CCCCCCCCCCCCCCCCOC(=O)c1ccc(Cl)c(N=[N+]=[N-])c1. The van der Waals surface area contributed by atoms with Gasteiger partial charge in [-0.15, -0.1) is 0 Å². The Morgan fingerprint density at radius 3 is 1.97 bits per heavy atom. The highest BCUT2D eigenvalue weighted by molar-refractivity contribution is 6.33. The van der Waals surface area contributed by atoms with Gasteiger partial charge in [-0.3, -0.25) is 0 Å². The number of hydrogen-bond acceptors (Lipinski definition) is 3. The van der Waals surface area contributed by atoms with Crippen molar-refractivity contribution in [3.8, 4) is 0 Å². The lowest BCUT2D eigenvalue weighted by Gasteiger charge is -2.06. The highest BCUT2D eigenvalue weighted by Gasteiger charge is 2.09. The minimum Gasteiger partial charge on any atom is -0.462 e. The van der Waals surface area contributed by atoms with Gasteiger partial charge >= 0.3 is 5.97 Å². The highest BCUT2D eigenvalue weighted by Crippen LogP contribution is 2.26. The smallest absolute Gasteiger partial charge is 0.338 e. The van der Waals surface area contributed by atoms with E-state index in [-0.39, 0.29) is 5.69 Å². The summed E-state index contributed by atoms with van der Waals surface area (Å²) in [5.41, 5.74) is 9.09. The van der Waals surface area contributed by atoms with Crippen LogP contribution < -0.4 is 0 Å². The Morgan fingerprint density at radius 2 is 1.45 bits per heavy atom. The van der Waals surface area contributed by atoms with Crippen molar-refractivity contribution in [2.24, 2.45) is 5.11 Å². The van der Waals surface area contributed by atoms with Gasteiger partial charge in [-0.2, -0.15) is 0 Å². The maximum absolute atomic E-state index is 12.0. The van der Waals surface area contributed by atoms with Crippen molar-refractivity contribution in [1.82, 2.24) is 0 Å². The van der Waals surface area contributed by atoms with Crippen LogP contribution >= 0.6 is 11.6 Å². The van der Waals surface area contributed by atoms with Crippen LogP contribution in [0.3, 0.4) is 0 Å². The second-order valence-electron chi connectivity index (χ2n) is 7.59. The summed E-state index contributed by atoms with van der Waals surface area (Å²) in [6.07, 6.45) is 18.1. The second-order valence-corrected chi connectivity index (χ2v) is 7.99. The van der Waals surface area contributed by atoms with Gasteiger partial charge in [0.2, 0.25) is 0 Å². The van der Waals surface area contributed by atoms with E-state index >= 15 is 0 Å². The molecule has 1 aromatic carbocycles. The molecule has 0 saturated heterocycles. The fraction of sp³-hybridized carbons (Fsp3) is 0.696. The first-order chi connectivity index (χ1) is 14.2. The normalized spacial score (nSPS) is 10.6. The average Bonchev–Trinajstić information content (AvgIpc) is 2.72. The van der Waals surface area contributed by atoms with Crippen molar-refractivity contribution in [2.75, 3.05) is 6.61 Å². The lowest BCUT2D eigenvalue weighted by molar-refractivity contribution is 0.0497. The first-order valence-corrected chi connectivity index (χ1v) is 11.6. The molecule has 0 aliphatic heterocycles. The fourth-order valence-corrected chi connectivity index (χ4v) is 3.46. The first kappa shape index (κ1) is 25.3. The van der Waals surface area contributed by atoms with Crippen molar-refractivity contribution in [3.05, 3.63) is 39.2 Å². The second kappa shape index (κ2) is 17.2. The van der Waals surface area contributed by atoms with E-state index in [0.29, 0.717) is 17.2 Å². The topological polar surface area (TPSA) is 75.1 Å². The number of halogens is 1. The zero-order chi connectivity index (χ0) is 21.2. The maximum atomic E-state index is 12.0. The van der Waals surface area contributed by atoms with E-state index in [2.05, 4.69) is 16.9 Å². The quantitative estimate of drug-likeness (QED) is 0.0827. The summed E-state index contributed by atoms with van der Waals surface area (Å²) < 4.78 is 5.29. The van der Waals surface area contributed by atoms with Crippen LogP contribution in [0.25, 0.3) is 10.4 Å². The lowest BCUT2D eigenvalue weighted by atomic mass is 10.0. The van der Waals surface area contributed by atoms with Gasteiger partial charge in [0.05, 0.1) is 22.9 Å². The monoisotopic (exact) mass is 421 g/mol. The van der Waals surface area contributed by atoms with Crippen molar-refractivity contribution in [3.63, 3.8) is 0 Å². The summed E-state index contributed by atoms with van der Waals surface area (Å²) in [4.78, 5) is 14.7. The lowest BCUT2D eigenvalue weighted by Crippen LogP contribution is -2.06. The van der Waals surface area contributed by atoms with E-state index < -0.39 is 5.97 Å². The number of carbonyl (C=O) groups is 1. The van der Waals surface area contributed by atoms with Crippen LogP contribution in [0.2, 0.25) is 5.02 Å². The van der Waals surface area contributed by atoms with Gasteiger partial charge < -0.3 is 4.74 Å². The molecule has 0 amide bonds. The molecule has 0 saturated carbocycles. The molecule has 0 atom stereocenters. The Hall–Kier alpha value is -1.71. The molecule has 1 aromatic rings. The van der Waals surface area contributed by atoms with E-state index in [1.54, 1.807) is 6.07 Å². The molecule has 0 heterocycles. The van der Waals surface area contributed by atoms with Crippen LogP contribution in [0.15, 0.2) is 23.3 Å². The number of carbonyl (C=O) groups excluding carboxylic acids is 1. The van der Waals surface area contributed by atoms with Crippen LogP contribution in [0.5, 0.6) is 0 Å². The Balaban J connectivity index is 1.97. The number of esters is 1. The number of ether oxygens (including phenoxy) is 1. The van der Waals surface area contributed by atoms with Gasteiger partial charge in [-0.25, -0.2) is 4.79 Å². The van der Waals surface area contributed by atoms with E-state index in [9.17, 15) is 4.79 Å². The van der Waals surface area contributed by atoms with Crippen LogP contribution in [0, 0.1) is 0 Å². The fourth-order valence-electron chi connectivity index (χ4n) is 3.31. The predicted molar refractivity (Wildman–Crippen MR) is 121 cm³/mol. The van der Waals surface area contributed by atoms with E-state index in [1.165, 1.54) is 89.2 Å². The molecule has 0 aromatic heterocycles. The predicted octanol–water partition coefficient (Wildman–Crippen LogP) is 8.92. The summed E-state index contributed by atoms with van der Waals surface area (Å²) >= 11 is 5.91. The highest BCUT2D eigenvalue weighted by atomic mass is 35.5. The minimum absolute atomic E-state index is 0.236. The van der Waals surface area contributed by atoms with Crippen molar-refractivity contribution in [1.29, 1.82) is 0 Å². The average molecular weight is 422 g/mol. The first-order valence-electron chi connectivity index (χ1n) is 11.2. The molecule has 29 heavy (non-hydrogen) atoms.